The molecule has 0 aliphatic rings. The van der Waals surface area contributed by atoms with E-state index in [0.29, 0.717) is 11.4 Å². The Morgan fingerprint density at radius 3 is 2.23 bits per heavy atom. The summed E-state index contributed by atoms with van der Waals surface area (Å²) in [6.45, 7) is 1.86. The molecule has 0 saturated carbocycles. The largest absolute Gasteiger partial charge is 0.363 e. The second kappa shape index (κ2) is 7.65. The third-order valence-corrected chi connectivity index (χ3v) is 3.73. The lowest BCUT2D eigenvalue weighted by atomic mass is 10.2. The zero-order valence-corrected chi connectivity index (χ0v) is 15.0. The standard InChI is InChI=1S/C20H21N5O/c1-14-21-18(13-19(22-14)25(2)3)23-16-9-11-17(12-10-16)24-20(26)15-7-5-4-6-8-15/h4-13H,1-3H3,(H,24,26)(H,21,22,23). The van der Waals surface area contributed by atoms with Crippen molar-refractivity contribution in [3.05, 3.63) is 72.1 Å². The van der Waals surface area contributed by atoms with Crippen LogP contribution in [0.15, 0.2) is 60.7 Å². The number of hydrogen-bond acceptors (Lipinski definition) is 5. The van der Waals surface area contributed by atoms with Crippen molar-refractivity contribution in [1.29, 1.82) is 0 Å². The zero-order chi connectivity index (χ0) is 18.5. The van der Waals surface area contributed by atoms with E-state index < -0.39 is 0 Å². The van der Waals surface area contributed by atoms with E-state index in [1.165, 1.54) is 0 Å². The van der Waals surface area contributed by atoms with Gasteiger partial charge in [-0.15, -0.1) is 0 Å². The molecular weight excluding hydrogens is 326 g/mol. The molecule has 0 radical (unpaired) electrons. The van der Waals surface area contributed by atoms with E-state index in [1.807, 2.05) is 74.4 Å². The van der Waals surface area contributed by atoms with Crippen LogP contribution in [0.3, 0.4) is 0 Å². The highest BCUT2D eigenvalue weighted by Gasteiger charge is 2.06. The second-order valence-electron chi connectivity index (χ2n) is 6.08. The Morgan fingerprint density at radius 1 is 0.923 bits per heavy atom. The van der Waals surface area contributed by atoms with Crippen LogP contribution in [0.4, 0.5) is 23.0 Å². The maximum absolute atomic E-state index is 12.2. The number of rotatable bonds is 5. The summed E-state index contributed by atoms with van der Waals surface area (Å²) in [5.74, 6) is 2.13. The molecule has 0 atom stereocenters. The second-order valence-corrected chi connectivity index (χ2v) is 6.08. The van der Waals surface area contributed by atoms with Gasteiger partial charge in [0.1, 0.15) is 17.5 Å². The average Bonchev–Trinajstić information content (AvgIpc) is 2.63. The van der Waals surface area contributed by atoms with Crippen LogP contribution in [-0.4, -0.2) is 30.0 Å². The van der Waals surface area contributed by atoms with Gasteiger partial charge in [0.2, 0.25) is 0 Å². The predicted octanol–water partition coefficient (Wildman–Crippen LogP) is 3.85. The summed E-state index contributed by atoms with van der Waals surface area (Å²) < 4.78 is 0. The van der Waals surface area contributed by atoms with Crippen molar-refractivity contribution in [2.75, 3.05) is 29.6 Å². The van der Waals surface area contributed by atoms with Crippen LogP contribution in [0.1, 0.15) is 16.2 Å². The van der Waals surface area contributed by atoms with Crippen LogP contribution < -0.4 is 15.5 Å². The fraction of sp³-hybridized carbons (Fsp3) is 0.150. The number of aryl methyl sites for hydroxylation is 1. The lowest BCUT2D eigenvalue weighted by Gasteiger charge is -2.14. The molecule has 6 nitrogen and oxygen atoms in total. The van der Waals surface area contributed by atoms with Crippen molar-refractivity contribution in [2.45, 2.75) is 6.92 Å². The number of hydrogen-bond donors (Lipinski definition) is 2. The van der Waals surface area contributed by atoms with Crippen molar-refractivity contribution < 1.29 is 4.79 Å². The first kappa shape index (κ1) is 17.4. The lowest BCUT2D eigenvalue weighted by Crippen LogP contribution is -2.12. The number of carbonyl (C=O) groups excluding carboxylic acids is 1. The van der Waals surface area contributed by atoms with Crippen LogP contribution in [0.25, 0.3) is 0 Å². The van der Waals surface area contributed by atoms with Gasteiger partial charge in [-0.3, -0.25) is 4.79 Å². The molecule has 3 rings (SSSR count). The summed E-state index contributed by atoms with van der Waals surface area (Å²) in [6, 6.07) is 18.5. The van der Waals surface area contributed by atoms with E-state index in [-0.39, 0.29) is 5.91 Å². The van der Waals surface area contributed by atoms with Gasteiger partial charge in [0, 0.05) is 37.1 Å². The Labute approximate surface area is 152 Å². The first-order valence-corrected chi connectivity index (χ1v) is 8.28. The Kier molecular flexibility index (Phi) is 5.12. The van der Waals surface area contributed by atoms with Gasteiger partial charge >= 0.3 is 0 Å². The topological polar surface area (TPSA) is 70.2 Å². The quantitative estimate of drug-likeness (QED) is 0.734. The zero-order valence-electron chi connectivity index (χ0n) is 15.0. The summed E-state index contributed by atoms with van der Waals surface area (Å²) in [4.78, 5) is 22.9. The van der Waals surface area contributed by atoms with Crippen molar-refractivity contribution in [3.8, 4) is 0 Å². The van der Waals surface area contributed by atoms with Gasteiger partial charge in [-0.1, -0.05) is 18.2 Å². The van der Waals surface area contributed by atoms with Crippen LogP contribution >= 0.6 is 0 Å². The van der Waals surface area contributed by atoms with Crippen molar-refractivity contribution >= 4 is 28.9 Å². The number of anilines is 4. The molecule has 0 aliphatic carbocycles. The fourth-order valence-corrected chi connectivity index (χ4v) is 2.42. The van der Waals surface area contributed by atoms with Gasteiger partial charge in [0.05, 0.1) is 0 Å². The van der Waals surface area contributed by atoms with E-state index in [9.17, 15) is 4.79 Å². The highest BCUT2D eigenvalue weighted by Crippen LogP contribution is 2.20. The van der Waals surface area contributed by atoms with Crippen molar-refractivity contribution in [1.82, 2.24) is 9.97 Å². The minimum Gasteiger partial charge on any atom is -0.363 e. The molecule has 1 heterocycles. The van der Waals surface area contributed by atoms with Gasteiger partial charge < -0.3 is 15.5 Å². The van der Waals surface area contributed by atoms with E-state index >= 15 is 0 Å². The molecule has 132 valence electrons. The number of amides is 1. The van der Waals surface area contributed by atoms with E-state index in [2.05, 4.69) is 20.6 Å². The first-order valence-electron chi connectivity index (χ1n) is 8.28. The molecule has 0 saturated heterocycles. The molecule has 1 aromatic heterocycles. The first-order chi connectivity index (χ1) is 12.5. The molecule has 6 heteroatoms. The Bertz CT molecular complexity index is 892. The molecule has 0 aliphatic heterocycles. The normalized spacial score (nSPS) is 10.3. The Hall–Kier alpha value is -3.41. The number of carbonyl (C=O) groups is 1. The SMILES string of the molecule is Cc1nc(Nc2ccc(NC(=O)c3ccccc3)cc2)cc(N(C)C)n1. The summed E-state index contributed by atoms with van der Waals surface area (Å²) >= 11 is 0. The number of aromatic nitrogens is 2. The number of benzene rings is 2. The molecule has 0 bridgehead atoms. The number of nitrogens with zero attached hydrogens (tertiary/aromatic N) is 3. The lowest BCUT2D eigenvalue weighted by molar-refractivity contribution is 0.102. The predicted molar refractivity (Wildman–Crippen MR) is 105 cm³/mol. The Morgan fingerprint density at radius 2 is 1.58 bits per heavy atom. The van der Waals surface area contributed by atoms with Gasteiger partial charge in [0.25, 0.3) is 5.91 Å². The van der Waals surface area contributed by atoms with E-state index in [1.54, 1.807) is 12.1 Å². The minimum absolute atomic E-state index is 0.131. The molecule has 1 amide bonds. The molecule has 2 aromatic carbocycles. The molecule has 2 N–H and O–H groups in total. The highest BCUT2D eigenvalue weighted by molar-refractivity contribution is 6.04. The maximum atomic E-state index is 12.2. The van der Waals surface area contributed by atoms with Crippen LogP contribution in [0.5, 0.6) is 0 Å². The average molecular weight is 347 g/mol. The van der Waals surface area contributed by atoms with Gasteiger partial charge in [-0.05, 0) is 43.3 Å². The molecule has 0 spiro atoms. The number of nitrogens with one attached hydrogen (secondary N) is 2. The monoisotopic (exact) mass is 347 g/mol. The van der Waals surface area contributed by atoms with E-state index in [4.69, 9.17) is 0 Å². The van der Waals surface area contributed by atoms with Gasteiger partial charge in [0.15, 0.2) is 0 Å². The third kappa shape index (κ3) is 4.36. The van der Waals surface area contributed by atoms with Gasteiger partial charge in [-0.25, -0.2) is 9.97 Å². The van der Waals surface area contributed by atoms with Crippen LogP contribution in [0.2, 0.25) is 0 Å². The van der Waals surface area contributed by atoms with Crippen molar-refractivity contribution in [3.63, 3.8) is 0 Å². The summed E-state index contributed by atoms with van der Waals surface area (Å²) in [7, 11) is 3.88. The van der Waals surface area contributed by atoms with Crippen LogP contribution in [0, 0.1) is 6.92 Å². The highest BCUT2D eigenvalue weighted by atomic mass is 16.1. The third-order valence-electron chi connectivity index (χ3n) is 3.73. The Balaban J connectivity index is 1.69. The fourth-order valence-electron chi connectivity index (χ4n) is 2.42. The smallest absolute Gasteiger partial charge is 0.255 e. The summed E-state index contributed by atoms with van der Waals surface area (Å²) in [6.07, 6.45) is 0. The van der Waals surface area contributed by atoms with Crippen molar-refractivity contribution in [2.24, 2.45) is 0 Å². The summed E-state index contributed by atoms with van der Waals surface area (Å²) in [5.41, 5.74) is 2.24. The molecule has 0 unspecified atom stereocenters. The van der Waals surface area contributed by atoms with Gasteiger partial charge in [-0.2, -0.15) is 0 Å². The molecular formula is C20H21N5O. The molecule has 0 fully saturated rings. The summed E-state index contributed by atoms with van der Waals surface area (Å²) in [5, 5.41) is 6.15. The van der Waals surface area contributed by atoms with E-state index in [0.717, 1.165) is 23.0 Å². The maximum Gasteiger partial charge on any atom is 0.255 e. The van der Waals surface area contributed by atoms with Crippen LogP contribution in [-0.2, 0) is 0 Å². The molecule has 3 aromatic rings. The minimum atomic E-state index is -0.131. The molecule has 26 heavy (non-hydrogen) atoms.